The van der Waals surface area contributed by atoms with Crippen molar-refractivity contribution in [3.05, 3.63) is 41.8 Å². The van der Waals surface area contributed by atoms with Crippen LogP contribution in [0.4, 0.5) is 0 Å². The third-order valence-electron chi connectivity index (χ3n) is 3.86. The average Bonchev–Trinajstić information content (AvgIpc) is 2.93. The van der Waals surface area contributed by atoms with Gasteiger partial charge in [0.15, 0.2) is 5.82 Å². The molecule has 1 fully saturated rings. The normalized spacial score (nSPS) is 17.2. The average molecular weight is 287 g/mol. The molecule has 6 nitrogen and oxygen atoms in total. The highest BCUT2D eigenvalue weighted by molar-refractivity contribution is 5.09. The SMILES string of the molecule is Cc1noc(CN2CCN(CCc3ccncc3)CC2)n1. The van der Waals surface area contributed by atoms with E-state index in [0.29, 0.717) is 5.82 Å². The molecule has 3 rings (SSSR count). The lowest BCUT2D eigenvalue weighted by atomic mass is 10.2. The van der Waals surface area contributed by atoms with Gasteiger partial charge < -0.3 is 9.42 Å². The van der Waals surface area contributed by atoms with Gasteiger partial charge in [-0.05, 0) is 31.0 Å². The van der Waals surface area contributed by atoms with Crippen molar-refractivity contribution in [2.45, 2.75) is 19.9 Å². The van der Waals surface area contributed by atoms with E-state index in [0.717, 1.165) is 51.6 Å². The van der Waals surface area contributed by atoms with Crippen molar-refractivity contribution in [3.63, 3.8) is 0 Å². The summed E-state index contributed by atoms with van der Waals surface area (Å²) in [5.74, 6) is 1.43. The number of aryl methyl sites for hydroxylation is 1. The third kappa shape index (κ3) is 4.09. The van der Waals surface area contributed by atoms with Gasteiger partial charge in [-0.3, -0.25) is 9.88 Å². The zero-order chi connectivity index (χ0) is 14.5. The zero-order valence-electron chi connectivity index (χ0n) is 12.4. The van der Waals surface area contributed by atoms with E-state index >= 15 is 0 Å². The lowest BCUT2D eigenvalue weighted by Gasteiger charge is -2.33. The highest BCUT2D eigenvalue weighted by Gasteiger charge is 2.18. The monoisotopic (exact) mass is 287 g/mol. The number of pyridine rings is 1. The number of piperazine rings is 1. The van der Waals surface area contributed by atoms with Crippen molar-refractivity contribution < 1.29 is 4.52 Å². The fourth-order valence-electron chi connectivity index (χ4n) is 2.60. The fraction of sp³-hybridized carbons (Fsp3) is 0.533. The molecule has 0 atom stereocenters. The molecule has 1 aliphatic rings. The van der Waals surface area contributed by atoms with Crippen LogP contribution in [0.5, 0.6) is 0 Å². The topological polar surface area (TPSA) is 58.3 Å². The summed E-state index contributed by atoms with van der Waals surface area (Å²) < 4.78 is 5.18. The van der Waals surface area contributed by atoms with Gasteiger partial charge in [-0.2, -0.15) is 4.98 Å². The van der Waals surface area contributed by atoms with Crippen LogP contribution in [0.2, 0.25) is 0 Å². The molecule has 3 heterocycles. The molecule has 2 aromatic rings. The molecule has 2 aromatic heterocycles. The predicted octanol–water partition coefficient (Wildman–Crippen LogP) is 1.13. The second-order valence-corrected chi connectivity index (χ2v) is 5.46. The molecule has 1 aliphatic heterocycles. The van der Waals surface area contributed by atoms with Crippen molar-refractivity contribution in [2.75, 3.05) is 32.7 Å². The summed E-state index contributed by atoms with van der Waals surface area (Å²) in [5, 5.41) is 3.83. The van der Waals surface area contributed by atoms with Gasteiger partial charge >= 0.3 is 0 Å². The summed E-state index contributed by atoms with van der Waals surface area (Å²) in [5.41, 5.74) is 1.36. The number of rotatable bonds is 5. The lowest BCUT2D eigenvalue weighted by Crippen LogP contribution is -2.46. The minimum Gasteiger partial charge on any atom is -0.338 e. The molecule has 6 heteroatoms. The van der Waals surface area contributed by atoms with Crippen molar-refractivity contribution in [1.29, 1.82) is 0 Å². The Balaban J connectivity index is 1.40. The van der Waals surface area contributed by atoms with Crippen molar-refractivity contribution in [3.8, 4) is 0 Å². The van der Waals surface area contributed by atoms with Gasteiger partial charge in [0.1, 0.15) is 0 Å². The van der Waals surface area contributed by atoms with Crippen LogP contribution in [0.25, 0.3) is 0 Å². The summed E-state index contributed by atoms with van der Waals surface area (Å²) in [6.07, 6.45) is 4.81. The summed E-state index contributed by atoms with van der Waals surface area (Å²) >= 11 is 0. The molecule has 0 radical (unpaired) electrons. The van der Waals surface area contributed by atoms with E-state index in [1.165, 1.54) is 5.56 Å². The van der Waals surface area contributed by atoms with Gasteiger partial charge in [-0.1, -0.05) is 5.16 Å². The highest BCUT2D eigenvalue weighted by atomic mass is 16.5. The largest absolute Gasteiger partial charge is 0.338 e. The Morgan fingerprint density at radius 2 is 1.81 bits per heavy atom. The summed E-state index contributed by atoms with van der Waals surface area (Å²) in [7, 11) is 0. The van der Waals surface area contributed by atoms with E-state index in [1.807, 2.05) is 19.3 Å². The van der Waals surface area contributed by atoms with E-state index in [2.05, 4.69) is 37.1 Å². The first-order valence-corrected chi connectivity index (χ1v) is 7.42. The van der Waals surface area contributed by atoms with Crippen LogP contribution in [0, 0.1) is 6.92 Å². The van der Waals surface area contributed by atoms with Crippen LogP contribution in [0.3, 0.4) is 0 Å². The Morgan fingerprint density at radius 3 is 2.48 bits per heavy atom. The quantitative estimate of drug-likeness (QED) is 0.822. The Kier molecular flexibility index (Phi) is 4.57. The summed E-state index contributed by atoms with van der Waals surface area (Å²) in [6, 6.07) is 4.18. The summed E-state index contributed by atoms with van der Waals surface area (Å²) in [6.45, 7) is 8.02. The van der Waals surface area contributed by atoms with Gasteiger partial charge in [-0.25, -0.2) is 0 Å². The molecule has 0 amide bonds. The van der Waals surface area contributed by atoms with Crippen molar-refractivity contribution >= 4 is 0 Å². The van der Waals surface area contributed by atoms with Gasteiger partial charge in [0, 0.05) is 45.1 Å². The molecule has 0 aliphatic carbocycles. The molecule has 0 bridgehead atoms. The molecule has 0 aromatic carbocycles. The van der Waals surface area contributed by atoms with Crippen LogP contribution in [0.15, 0.2) is 29.0 Å². The van der Waals surface area contributed by atoms with Crippen molar-refractivity contribution in [1.82, 2.24) is 24.9 Å². The standard InChI is InChI=1S/C15H21N5O/c1-13-17-15(21-18-13)12-20-10-8-19(9-11-20)7-4-14-2-5-16-6-3-14/h2-3,5-6H,4,7-12H2,1H3. The Hall–Kier alpha value is -1.79. The first-order valence-electron chi connectivity index (χ1n) is 7.42. The predicted molar refractivity (Wildman–Crippen MR) is 78.7 cm³/mol. The van der Waals surface area contributed by atoms with Crippen LogP contribution in [-0.2, 0) is 13.0 Å². The van der Waals surface area contributed by atoms with Crippen LogP contribution >= 0.6 is 0 Å². The van der Waals surface area contributed by atoms with Gasteiger partial charge in [-0.15, -0.1) is 0 Å². The van der Waals surface area contributed by atoms with E-state index in [-0.39, 0.29) is 0 Å². The molecular weight excluding hydrogens is 266 g/mol. The Bertz CT molecular complexity index is 548. The van der Waals surface area contributed by atoms with E-state index in [4.69, 9.17) is 4.52 Å². The highest BCUT2D eigenvalue weighted by Crippen LogP contribution is 2.08. The number of hydrogen-bond acceptors (Lipinski definition) is 6. The maximum atomic E-state index is 5.18. The second kappa shape index (κ2) is 6.78. The smallest absolute Gasteiger partial charge is 0.240 e. The van der Waals surface area contributed by atoms with Crippen molar-refractivity contribution in [2.24, 2.45) is 0 Å². The number of hydrogen-bond donors (Lipinski definition) is 0. The maximum Gasteiger partial charge on any atom is 0.240 e. The second-order valence-electron chi connectivity index (χ2n) is 5.46. The molecule has 0 spiro atoms. The molecule has 0 saturated carbocycles. The van der Waals surface area contributed by atoms with Crippen LogP contribution in [-0.4, -0.2) is 57.6 Å². The molecule has 21 heavy (non-hydrogen) atoms. The van der Waals surface area contributed by atoms with E-state index in [9.17, 15) is 0 Å². The van der Waals surface area contributed by atoms with Gasteiger partial charge in [0.2, 0.25) is 5.89 Å². The minimum absolute atomic E-state index is 0.709. The number of aromatic nitrogens is 3. The van der Waals surface area contributed by atoms with Gasteiger partial charge in [0.25, 0.3) is 0 Å². The third-order valence-corrected chi connectivity index (χ3v) is 3.86. The summed E-state index contributed by atoms with van der Waals surface area (Å²) in [4.78, 5) is 13.2. The fourth-order valence-corrected chi connectivity index (χ4v) is 2.60. The molecule has 0 unspecified atom stereocenters. The molecule has 112 valence electrons. The maximum absolute atomic E-state index is 5.18. The van der Waals surface area contributed by atoms with Crippen LogP contribution < -0.4 is 0 Å². The Labute approximate surface area is 124 Å². The van der Waals surface area contributed by atoms with Gasteiger partial charge in [0.05, 0.1) is 6.54 Å². The molecule has 0 N–H and O–H groups in total. The first-order chi connectivity index (χ1) is 10.3. The lowest BCUT2D eigenvalue weighted by molar-refractivity contribution is 0.118. The zero-order valence-corrected chi connectivity index (χ0v) is 12.4. The Morgan fingerprint density at radius 1 is 1.10 bits per heavy atom. The van der Waals surface area contributed by atoms with E-state index in [1.54, 1.807) is 0 Å². The first kappa shape index (κ1) is 14.2. The minimum atomic E-state index is 0.709. The van der Waals surface area contributed by atoms with E-state index < -0.39 is 0 Å². The molecular formula is C15H21N5O. The van der Waals surface area contributed by atoms with Crippen LogP contribution in [0.1, 0.15) is 17.3 Å². The number of nitrogens with zero attached hydrogens (tertiary/aromatic N) is 5. The molecule has 1 saturated heterocycles.